The van der Waals surface area contributed by atoms with E-state index < -0.39 is 0 Å². The summed E-state index contributed by atoms with van der Waals surface area (Å²) in [5.41, 5.74) is 2.33. The molecule has 2 aromatic rings. The fourth-order valence-electron chi connectivity index (χ4n) is 3.03. The van der Waals surface area contributed by atoms with Gasteiger partial charge in [0.1, 0.15) is 11.5 Å². The highest BCUT2D eigenvalue weighted by molar-refractivity contribution is 5.49. The lowest BCUT2D eigenvalue weighted by molar-refractivity contribution is 0.105. The van der Waals surface area contributed by atoms with Gasteiger partial charge in [0.2, 0.25) is 0 Å². The van der Waals surface area contributed by atoms with Crippen LogP contribution in [0.2, 0.25) is 0 Å². The van der Waals surface area contributed by atoms with Crippen molar-refractivity contribution >= 4 is 5.69 Å². The van der Waals surface area contributed by atoms with E-state index in [-0.39, 0.29) is 0 Å². The third kappa shape index (κ3) is 5.38. The molecule has 0 aliphatic carbocycles. The number of nitrogens with one attached hydrogen (secondary N) is 1. The average Bonchev–Trinajstić information content (AvgIpc) is 2.72. The van der Waals surface area contributed by atoms with Gasteiger partial charge in [0, 0.05) is 43.9 Å². The SMILES string of the molecule is COc1ccccc1COCCCOc1ccc(N2CCNCC2)cc1. The number of nitrogens with zero attached hydrogens (tertiary/aromatic N) is 1. The Balaban J connectivity index is 1.33. The van der Waals surface area contributed by atoms with Crippen molar-refractivity contribution in [3.8, 4) is 11.5 Å². The quantitative estimate of drug-likeness (QED) is 0.700. The minimum atomic E-state index is 0.559. The Labute approximate surface area is 155 Å². The highest BCUT2D eigenvalue weighted by Gasteiger charge is 2.10. The molecular weight excluding hydrogens is 328 g/mol. The molecule has 5 nitrogen and oxygen atoms in total. The van der Waals surface area contributed by atoms with Crippen LogP contribution in [-0.2, 0) is 11.3 Å². The van der Waals surface area contributed by atoms with Crippen molar-refractivity contribution in [3.05, 3.63) is 54.1 Å². The van der Waals surface area contributed by atoms with Crippen LogP contribution in [-0.4, -0.2) is 46.5 Å². The molecule has 3 rings (SSSR count). The molecule has 0 radical (unpaired) electrons. The molecule has 0 aromatic heterocycles. The van der Waals surface area contributed by atoms with E-state index in [1.54, 1.807) is 7.11 Å². The summed E-state index contributed by atoms with van der Waals surface area (Å²) in [6.45, 7) is 6.09. The Morgan fingerprint density at radius 3 is 2.50 bits per heavy atom. The zero-order chi connectivity index (χ0) is 18.0. The largest absolute Gasteiger partial charge is 0.496 e. The smallest absolute Gasteiger partial charge is 0.124 e. The first-order chi connectivity index (χ1) is 12.9. The third-order valence-corrected chi connectivity index (χ3v) is 4.47. The van der Waals surface area contributed by atoms with Gasteiger partial charge in [-0.1, -0.05) is 18.2 Å². The van der Waals surface area contributed by atoms with Crippen molar-refractivity contribution in [2.75, 3.05) is 51.4 Å². The van der Waals surface area contributed by atoms with Crippen molar-refractivity contribution in [3.63, 3.8) is 0 Å². The maximum atomic E-state index is 5.81. The maximum absolute atomic E-state index is 5.81. The van der Waals surface area contributed by atoms with Crippen LogP contribution in [0.1, 0.15) is 12.0 Å². The molecule has 5 heteroatoms. The second-order valence-electron chi connectivity index (χ2n) is 6.30. The molecule has 140 valence electrons. The summed E-state index contributed by atoms with van der Waals surface area (Å²) in [6, 6.07) is 16.3. The van der Waals surface area contributed by atoms with Gasteiger partial charge in [-0.15, -0.1) is 0 Å². The maximum Gasteiger partial charge on any atom is 0.124 e. The standard InChI is InChI=1S/C21H28N2O3/c1-24-21-6-3-2-5-18(21)17-25-15-4-16-26-20-9-7-19(8-10-20)23-13-11-22-12-14-23/h2-3,5-10,22H,4,11-17H2,1H3. The van der Waals surface area contributed by atoms with Gasteiger partial charge in [0.15, 0.2) is 0 Å². The topological polar surface area (TPSA) is 43.0 Å². The molecule has 1 aliphatic rings. The number of anilines is 1. The number of benzene rings is 2. The summed E-state index contributed by atoms with van der Waals surface area (Å²) in [6.07, 6.45) is 0.856. The van der Waals surface area contributed by atoms with Crippen molar-refractivity contribution in [2.24, 2.45) is 0 Å². The summed E-state index contributed by atoms with van der Waals surface area (Å²) in [4.78, 5) is 2.39. The number of hydrogen-bond donors (Lipinski definition) is 1. The minimum absolute atomic E-state index is 0.559. The predicted octanol–water partition coefficient (Wildman–Crippen LogP) is 3.09. The van der Waals surface area contributed by atoms with E-state index in [2.05, 4.69) is 22.3 Å². The third-order valence-electron chi connectivity index (χ3n) is 4.47. The van der Waals surface area contributed by atoms with Crippen molar-refractivity contribution in [1.29, 1.82) is 0 Å². The van der Waals surface area contributed by atoms with Gasteiger partial charge in [-0.2, -0.15) is 0 Å². The second kappa shape index (κ2) is 10.0. The summed E-state index contributed by atoms with van der Waals surface area (Å²) in [5, 5.41) is 3.37. The fourth-order valence-corrected chi connectivity index (χ4v) is 3.03. The average molecular weight is 356 g/mol. The van der Waals surface area contributed by atoms with Crippen LogP contribution < -0.4 is 19.7 Å². The number of para-hydroxylation sites is 1. The van der Waals surface area contributed by atoms with Gasteiger partial charge < -0.3 is 24.4 Å². The van der Waals surface area contributed by atoms with Crippen LogP contribution in [0.3, 0.4) is 0 Å². The summed E-state index contributed by atoms with van der Waals surface area (Å²) in [5.74, 6) is 1.78. The highest BCUT2D eigenvalue weighted by Crippen LogP contribution is 2.20. The van der Waals surface area contributed by atoms with Crippen LogP contribution in [0.4, 0.5) is 5.69 Å². The van der Waals surface area contributed by atoms with Crippen LogP contribution in [0.15, 0.2) is 48.5 Å². The molecule has 1 heterocycles. The van der Waals surface area contributed by atoms with E-state index in [4.69, 9.17) is 14.2 Å². The molecule has 1 N–H and O–H groups in total. The molecule has 26 heavy (non-hydrogen) atoms. The zero-order valence-electron chi connectivity index (χ0n) is 15.4. The molecule has 0 bridgehead atoms. The lowest BCUT2D eigenvalue weighted by Gasteiger charge is -2.29. The molecule has 0 saturated carbocycles. The molecule has 1 saturated heterocycles. The number of methoxy groups -OCH3 is 1. The van der Waals surface area contributed by atoms with Gasteiger partial charge in [0.05, 0.1) is 26.9 Å². The first-order valence-electron chi connectivity index (χ1n) is 9.25. The van der Waals surface area contributed by atoms with Crippen LogP contribution >= 0.6 is 0 Å². The Hall–Kier alpha value is -2.24. The molecule has 0 spiro atoms. The Bertz CT molecular complexity index is 655. The lowest BCUT2D eigenvalue weighted by atomic mass is 10.2. The summed E-state index contributed by atoms with van der Waals surface area (Å²) < 4.78 is 16.9. The van der Waals surface area contributed by atoms with E-state index in [9.17, 15) is 0 Å². The van der Waals surface area contributed by atoms with E-state index in [0.717, 1.165) is 49.7 Å². The number of ether oxygens (including phenoxy) is 3. The van der Waals surface area contributed by atoms with Crippen LogP contribution in [0, 0.1) is 0 Å². The van der Waals surface area contributed by atoms with Crippen molar-refractivity contribution in [1.82, 2.24) is 5.32 Å². The molecular formula is C21H28N2O3. The predicted molar refractivity (Wildman–Crippen MR) is 104 cm³/mol. The molecule has 0 amide bonds. The first-order valence-corrected chi connectivity index (χ1v) is 9.25. The van der Waals surface area contributed by atoms with Crippen LogP contribution in [0.5, 0.6) is 11.5 Å². The van der Waals surface area contributed by atoms with Gasteiger partial charge in [-0.3, -0.25) is 0 Å². The number of piperazine rings is 1. The van der Waals surface area contributed by atoms with Crippen LogP contribution in [0.25, 0.3) is 0 Å². The minimum Gasteiger partial charge on any atom is -0.496 e. The van der Waals surface area contributed by atoms with Gasteiger partial charge >= 0.3 is 0 Å². The Kier molecular flexibility index (Phi) is 7.16. The second-order valence-corrected chi connectivity index (χ2v) is 6.30. The fraction of sp³-hybridized carbons (Fsp3) is 0.429. The Morgan fingerprint density at radius 1 is 0.962 bits per heavy atom. The number of hydrogen-bond acceptors (Lipinski definition) is 5. The lowest BCUT2D eigenvalue weighted by Crippen LogP contribution is -2.43. The number of rotatable bonds is 9. The van der Waals surface area contributed by atoms with E-state index in [0.29, 0.717) is 19.8 Å². The summed E-state index contributed by atoms with van der Waals surface area (Å²) >= 11 is 0. The van der Waals surface area contributed by atoms with E-state index in [1.807, 2.05) is 36.4 Å². The molecule has 2 aromatic carbocycles. The normalized spacial score (nSPS) is 14.3. The summed E-state index contributed by atoms with van der Waals surface area (Å²) in [7, 11) is 1.68. The van der Waals surface area contributed by atoms with E-state index >= 15 is 0 Å². The van der Waals surface area contributed by atoms with Gasteiger partial charge in [0.25, 0.3) is 0 Å². The molecule has 1 aliphatic heterocycles. The molecule has 0 unspecified atom stereocenters. The van der Waals surface area contributed by atoms with Crippen molar-refractivity contribution in [2.45, 2.75) is 13.0 Å². The van der Waals surface area contributed by atoms with Crippen molar-refractivity contribution < 1.29 is 14.2 Å². The monoisotopic (exact) mass is 356 g/mol. The Morgan fingerprint density at radius 2 is 1.73 bits per heavy atom. The van der Waals surface area contributed by atoms with E-state index in [1.165, 1.54) is 5.69 Å². The van der Waals surface area contributed by atoms with Gasteiger partial charge in [-0.05, 0) is 30.3 Å². The first kappa shape index (κ1) is 18.5. The zero-order valence-corrected chi connectivity index (χ0v) is 15.4. The molecule has 0 atom stereocenters. The molecule has 1 fully saturated rings. The van der Waals surface area contributed by atoms with Gasteiger partial charge in [-0.25, -0.2) is 0 Å². The highest BCUT2D eigenvalue weighted by atomic mass is 16.5.